The lowest BCUT2D eigenvalue weighted by Gasteiger charge is -2.26. The predicted octanol–water partition coefficient (Wildman–Crippen LogP) is 0.100. The van der Waals surface area contributed by atoms with E-state index in [1.54, 1.807) is 60.8 Å². The largest absolute Gasteiger partial charge is 0.370 e. The number of para-hydroxylation sites is 1. The highest BCUT2D eigenvalue weighted by Gasteiger charge is 2.30. The minimum Gasteiger partial charge on any atom is -0.370 e. The number of nitrogens with two attached hydrogens (primary N) is 3. The standard InChI is InChI=1S/C43H57N13O6/c1-25(2)19-34(41(62)54-32(13-8-18-49-42(45)46)40(61)55-33(37(44)58)21-29-23-50-31-12-7-6-11-30(29)31)53-36(57)24-51-39(60)35(56-38(59)28-9-4-3-5-10-28)20-26-14-16-27(17-15-26)22-52-43(47)48/h3-7,9-12,14-17,23,25,32-35,50H,8,13,18-22,24H2,1-2H3,(H2,44,58)(H,51,60)(H,53,57)(H,54,62)(H,55,61)(H,56,59)(H4,45,46,49)(H4,47,48,52)/t32-,33-,34-,35-/m0/s1. The van der Waals surface area contributed by atoms with Gasteiger partial charge in [0.15, 0.2) is 11.9 Å². The van der Waals surface area contributed by atoms with E-state index in [1.165, 1.54) is 0 Å². The molecule has 0 spiro atoms. The third kappa shape index (κ3) is 15.3. The summed E-state index contributed by atoms with van der Waals surface area (Å²) in [6.45, 7) is 3.69. The van der Waals surface area contributed by atoms with E-state index < -0.39 is 66.2 Å². The summed E-state index contributed by atoms with van der Waals surface area (Å²) in [7, 11) is 0. The number of carbonyl (C=O) groups is 6. The van der Waals surface area contributed by atoms with Crippen molar-refractivity contribution in [2.45, 2.75) is 76.7 Å². The summed E-state index contributed by atoms with van der Waals surface area (Å²) in [6, 6.07) is 18.4. The highest BCUT2D eigenvalue weighted by Crippen LogP contribution is 2.19. The predicted molar refractivity (Wildman–Crippen MR) is 235 cm³/mol. The van der Waals surface area contributed by atoms with Gasteiger partial charge in [-0.2, -0.15) is 0 Å². The number of aromatic nitrogens is 1. The number of benzene rings is 3. The molecule has 0 bridgehead atoms. The fourth-order valence-corrected chi connectivity index (χ4v) is 6.59. The molecule has 4 rings (SSSR count). The highest BCUT2D eigenvalue weighted by atomic mass is 16.2. The monoisotopic (exact) mass is 851 g/mol. The lowest BCUT2D eigenvalue weighted by atomic mass is 10.0. The Hall–Kier alpha value is -7.44. The summed E-state index contributed by atoms with van der Waals surface area (Å²) in [5.74, 6) is -4.53. The first-order valence-corrected chi connectivity index (χ1v) is 20.2. The lowest BCUT2D eigenvalue weighted by Crippen LogP contribution is -2.57. The van der Waals surface area contributed by atoms with Crippen molar-refractivity contribution in [2.24, 2.45) is 23.1 Å². The number of amides is 6. The van der Waals surface area contributed by atoms with Crippen LogP contribution in [0.4, 0.5) is 0 Å². The van der Waals surface area contributed by atoms with Gasteiger partial charge in [-0.15, -0.1) is 0 Å². The second-order valence-electron chi connectivity index (χ2n) is 15.2. The molecular formula is C43H57N13O6. The van der Waals surface area contributed by atoms with Gasteiger partial charge in [-0.1, -0.05) is 74.5 Å². The Balaban J connectivity index is 1.44. The zero-order valence-corrected chi connectivity index (χ0v) is 34.8. The Labute approximate surface area is 359 Å². The van der Waals surface area contributed by atoms with Crippen molar-refractivity contribution in [3.63, 3.8) is 0 Å². The molecule has 16 N–H and O–H groups in total. The van der Waals surface area contributed by atoms with E-state index in [0.29, 0.717) is 17.7 Å². The van der Waals surface area contributed by atoms with Gasteiger partial charge in [0.05, 0.1) is 6.54 Å². The second kappa shape index (κ2) is 23.4. The maximum atomic E-state index is 13.9. The first-order chi connectivity index (χ1) is 29.6. The van der Waals surface area contributed by atoms with Crippen LogP contribution in [0.15, 0.2) is 85.1 Å². The van der Waals surface area contributed by atoms with Gasteiger partial charge in [0.25, 0.3) is 5.91 Å². The topological polar surface area (TPSA) is 328 Å². The van der Waals surface area contributed by atoms with Gasteiger partial charge < -0.3 is 59.4 Å². The summed E-state index contributed by atoms with van der Waals surface area (Å²) in [5, 5.41) is 34.5. The maximum Gasteiger partial charge on any atom is 0.251 e. The number of carbonyl (C=O) groups excluding carboxylic acids is 6. The van der Waals surface area contributed by atoms with Crippen LogP contribution >= 0.6 is 0 Å². The molecule has 0 saturated heterocycles. The number of hydrogen-bond acceptors (Lipinski definition) is 8. The Morgan fingerprint density at radius 2 is 1.27 bits per heavy atom. The summed E-state index contributed by atoms with van der Waals surface area (Å²) >= 11 is 0. The number of primary amides is 1. The Morgan fingerprint density at radius 3 is 1.94 bits per heavy atom. The van der Waals surface area contributed by atoms with Crippen LogP contribution in [-0.4, -0.2) is 89.6 Å². The smallest absolute Gasteiger partial charge is 0.251 e. The fraction of sp³-hybridized carbons (Fsp3) is 0.349. The van der Waals surface area contributed by atoms with E-state index in [-0.39, 0.29) is 56.5 Å². The van der Waals surface area contributed by atoms with Crippen molar-refractivity contribution in [1.29, 1.82) is 10.8 Å². The molecular weight excluding hydrogens is 795 g/mol. The van der Waals surface area contributed by atoms with E-state index in [0.717, 1.165) is 22.0 Å². The molecule has 0 unspecified atom stereocenters. The molecule has 0 aliphatic rings. The number of fused-ring (bicyclic) bond motifs is 1. The SMILES string of the molecule is CC(C)C[C@H](NC(=O)CNC(=O)[C@H](Cc1ccc(CNC(=N)N)cc1)NC(=O)c1ccccc1)C(=O)N[C@@H](CCCNC(=N)N)C(=O)N[C@@H](Cc1c[nH]c2ccccc12)C(N)=O. The minimum absolute atomic E-state index is 0.0724. The molecule has 19 heteroatoms. The van der Waals surface area contributed by atoms with Gasteiger partial charge in [0.1, 0.15) is 24.2 Å². The van der Waals surface area contributed by atoms with Crippen LogP contribution in [0.5, 0.6) is 0 Å². The molecule has 0 saturated carbocycles. The van der Waals surface area contributed by atoms with E-state index >= 15 is 0 Å². The number of rotatable bonds is 23. The number of hydrogen-bond donors (Lipinski definition) is 13. The van der Waals surface area contributed by atoms with Crippen molar-refractivity contribution in [3.8, 4) is 0 Å². The molecule has 6 amide bonds. The van der Waals surface area contributed by atoms with Crippen LogP contribution in [0, 0.1) is 16.7 Å². The number of H-pyrrole nitrogens is 1. The molecule has 0 fully saturated rings. The van der Waals surface area contributed by atoms with Crippen molar-refractivity contribution in [2.75, 3.05) is 13.1 Å². The van der Waals surface area contributed by atoms with Crippen molar-refractivity contribution in [1.82, 2.24) is 42.2 Å². The van der Waals surface area contributed by atoms with Gasteiger partial charge in [-0.25, -0.2) is 0 Å². The number of guanidine groups is 2. The summed E-state index contributed by atoms with van der Waals surface area (Å²) in [4.78, 5) is 83.5. The molecule has 4 aromatic rings. The van der Waals surface area contributed by atoms with E-state index in [1.807, 2.05) is 38.1 Å². The third-order valence-corrected chi connectivity index (χ3v) is 9.76. The van der Waals surface area contributed by atoms with Gasteiger partial charge in [-0.05, 0) is 60.1 Å². The molecule has 0 aliphatic heterocycles. The van der Waals surface area contributed by atoms with Crippen LogP contribution in [0.25, 0.3) is 10.9 Å². The van der Waals surface area contributed by atoms with Gasteiger partial charge >= 0.3 is 0 Å². The maximum absolute atomic E-state index is 13.9. The van der Waals surface area contributed by atoms with Crippen LogP contribution in [0.2, 0.25) is 0 Å². The van der Waals surface area contributed by atoms with E-state index in [2.05, 4.69) is 42.2 Å². The van der Waals surface area contributed by atoms with Crippen molar-refractivity contribution < 1.29 is 28.8 Å². The molecule has 1 aromatic heterocycles. The Bertz CT molecular complexity index is 2190. The van der Waals surface area contributed by atoms with Gasteiger partial charge in [0.2, 0.25) is 29.5 Å². The minimum atomic E-state index is -1.18. The van der Waals surface area contributed by atoms with Crippen LogP contribution < -0.4 is 54.4 Å². The molecule has 1 heterocycles. The molecule has 330 valence electrons. The van der Waals surface area contributed by atoms with Crippen LogP contribution in [0.3, 0.4) is 0 Å². The molecule has 0 radical (unpaired) electrons. The average molecular weight is 852 g/mol. The second-order valence-corrected chi connectivity index (χ2v) is 15.2. The fourth-order valence-electron chi connectivity index (χ4n) is 6.59. The first kappa shape index (κ1) is 47.2. The van der Waals surface area contributed by atoms with Crippen LogP contribution in [-0.2, 0) is 43.4 Å². The summed E-state index contributed by atoms with van der Waals surface area (Å²) < 4.78 is 0. The van der Waals surface area contributed by atoms with Crippen molar-refractivity contribution >= 4 is 58.3 Å². The quantitative estimate of drug-likeness (QED) is 0.0271. The zero-order chi connectivity index (χ0) is 45.2. The molecule has 0 aliphatic carbocycles. The van der Waals surface area contributed by atoms with E-state index in [4.69, 9.17) is 28.0 Å². The number of nitrogens with one attached hydrogen (secondary N) is 10. The molecule has 3 aromatic carbocycles. The zero-order valence-electron chi connectivity index (χ0n) is 34.8. The van der Waals surface area contributed by atoms with Gasteiger partial charge in [-0.3, -0.25) is 39.6 Å². The van der Waals surface area contributed by atoms with Gasteiger partial charge in [0, 0.05) is 48.6 Å². The average Bonchev–Trinajstić information content (AvgIpc) is 3.65. The third-order valence-electron chi connectivity index (χ3n) is 9.76. The molecule has 4 atom stereocenters. The Morgan fingerprint density at radius 1 is 0.645 bits per heavy atom. The van der Waals surface area contributed by atoms with E-state index in [9.17, 15) is 28.8 Å². The normalized spacial score (nSPS) is 12.8. The lowest BCUT2D eigenvalue weighted by molar-refractivity contribution is -0.133. The Kier molecular flexibility index (Phi) is 17.8. The summed E-state index contributed by atoms with van der Waals surface area (Å²) in [6.07, 6.45) is 2.43. The first-order valence-electron chi connectivity index (χ1n) is 20.2. The highest BCUT2D eigenvalue weighted by molar-refractivity contribution is 5.99. The van der Waals surface area contributed by atoms with Crippen molar-refractivity contribution in [3.05, 3.63) is 107 Å². The van der Waals surface area contributed by atoms with Crippen LogP contribution in [0.1, 0.15) is 60.2 Å². The number of aromatic amines is 1. The molecule has 62 heavy (non-hydrogen) atoms. The molecule has 19 nitrogen and oxygen atoms in total. The summed E-state index contributed by atoms with van der Waals surface area (Å²) in [5.41, 5.74) is 20.0.